The zero-order chi connectivity index (χ0) is 61.4. The van der Waals surface area contributed by atoms with Gasteiger partial charge >= 0.3 is 0 Å². The average Bonchev–Trinajstić information content (AvgIpc) is 3.33. The number of nitrogens with zero attached hydrogens (tertiary/aromatic N) is 2. The third kappa shape index (κ3) is 31.1. The maximum absolute atomic E-state index is 14.4. The molecule has 0 saturated carbocycles. The topological polar surface area (TPSA) is 480 Å². The molecule has 0 rings (SSSR count). The normalized spacial score (nSPS) is 14.7. The van der Waals surface area contributed by atoms with Crippen LogP contribution >= 0.6 is 0 Å². The Bertz CT molecular complexity index is 2060. The van der Waals surface area contributed by atoms with E-state index in [1.54, 1.807) is 13.8 Å². The Labute approximate surface area is 472 Å². The highest BCUT2D eigenvalue weighted by atomic mass is 16.3. The molecule has 0 aliphatic carbocycles. The van der Waals surface area contributed by atoms with Crippen LogP contribution in [0.3, 0.4) is 0 Å². The number of aliphatic hydroxyl groups is 1. The summed E-state index contributed by atoms with van der Waals surface area (Å²) in [4.78, 5) is 144. The summed E-state index contributed by atoms with van der Waals surface area (Å²) in [5, 5.41) is 33.7. The highest BCUT2D eigenvalue weighted by molar-refractivity contribution is 5.98. The molecule has 0 radical (unpaired) electrons. The Hall–Kier alpha value is -6.84. The predicted octanol–water partition coefficient (Wildman–Crippen LogP) is -3.08. The Morgan fingerprint density at radius 3 is 0.963 bits per heavy atom. The molecule has 0 heterocycles. The Balaban J connectivity index is 6.95. The molecule has 0 aliphatic rings. The van der Waals surface area contributed by atoms with Crippen molar-refractivity contribution in [3.05, 3.63) is 0 Å². The fraction of sp³-hybridized carbons (Fsp3) is 0.769. The van der Waals surface area contributed by atoms with Gasteiger partial charge in [0.1, 0.15) is 54.4 Å². The molecule has 0 aromatic heterocycles. The third-order valence-corrected chi connectivity index (χ3v) is 12.2. The Morgan fingerprint density at radius 1 is 0.388 bits per heavy atom. The van der Waals surface area contributed by atoms with E-state index in [4.69, 9.17) is 34.4 Å². The molecule has 0 aromatic carbocycles. The summed E-state index contributed by atoms with van der Waals surface area (Å²) in [5.41, 5.74) is 33.1. The van der Waals surface area contributed by atoms with E-state index >= 15 is 0 Å². The Kier molecular flexibility index (Phi) is 35.4. The number of nitrogens with two attached hydrogens (primary N) is 6. The zero-order valence-corrected chi connectivity index (χ0v) is 49.1. The SMILES string of the molecule is CC(=O)N[C@@H](CC(C)C)C(=O)N[C@@H](CC(C)C)C(=O)N[C@@H](CC(C)C)C(=O)N[C@@H](CC(C)C)C(=O)N[C@@H](CCCN=C(N)N)C(=O)N[C@H](C(=O)N[C@@H](CCCCN)C(=O)N[C@@H](CCCN=C(N)N)C(=O)N[C@@H](CO)C(N)=O)C(C)C. The average molecular weight is 1140 g/mol. The maximum atomic E-state index is 14.4. The first-order valence-corrected chi connectivity index (χ1v) is 27.7. The van der Waals surface area contributed by atoms with E-state index in [0.717, 1.165) is 0 Å². The number of hydrogen-bond acceptors (Lipinski definition) is 14. The molecule has 10 amide bonds. The first-order valence-electron chi connectivity index (χ1n) is 27.7. The van der Waals surface area contributed by atoms with Gasteiger partial charge in [-0.2, -0.15) is 0 Å². The summed E-state index contributed by atoms with van der Waals surface area (Å²) in [6.45, 7) is 19.0. The number of guanidine groups is 2. The van der Waals surface area contributed by atoms with E-state index in [9.17, 15) is 53.1 Å². The second kappa shape index (κ2) is 38.7. The molecular weight excluding hydrogens is 1040 g/mol. The number of nitrogens with one attached hydrogen (secondary N) is 9. The molecule has 0 fully saturated rings. The first kappa shape index (κ1) is 73.2. The van der Waals surface area contributed by atoms with Gasteiger partial charge in [-0.3, -0.25) is 57.9 Å². The molecule has 0 aliphatic heterocycles. The second-order valence-corrected chi connectivity index (χ2v) is 22.2. The monoisotopic (exact) mass is 1140 g/mol. The summed E-state index contributed by atoms with van der Waals surface area (Å²) < 4.78 is 0. The van der Waals surface area contributed by atoms with Crippen LogP contribution in [0.1, 0.15) is 147 Å². The van der Waals surface area contributed by atoms with Crippen LogP contribution < -0.4 is 82.3 Å². The van der Waals surface area contributed by atoms with Gasteiger partial charge in [0.2, 0.25) is 59.1 Å². The number of aliphatic imine (C=N–C) groups is 2. The lowest BCUT2D eigenvalue weighted by atomic mass is 9.97. The van der Waals surface area contributed by atoms with Crippen molar-refractivity contribution in [1.29, 1.82) is 0 Å². The minimum Gasteiger partial charge on any atom is -0.394 e. The number of unbranched alkanes of at least 4 members (excludes halogenated alkanes) is 1. The fourth-order valence-corrected chi connectivity index (χ4v) is 8.25. The third-order valence-electron chi connectivity index (χ3n) is 12.2. The highest BCUT2D eigenvalue weighted by Gasteiger charge is 2.36. The van der Waals surface area contributed by atoms with Crippen LogP contribution in [0, 0.1) is 29.6 Å². The van der Waals surface area contributed by atoms with Crippen molar-refractivity contribution in [3.63, 3.8) is 0 Å². The number of carbonyl (C=O) groups is 10. The maximum Gasteiger partial charge on any atom is 0.243 e. The van der Waals surface area contributed by atoms with Crippen molar-refractivity contribution in [3.8, 4) is 0 Å². The number of carbonyl (C=O) groups excluding carboxylic acids is 10. The van der Waals surface area contributed by atoms with Gasteiger partial charge in [0.05, 0.1) is 6.61 Å². The fourth-order valence-electron chi connectivity index (χ4n) is 8.25. The van der Waals surface area contributed by atoms with E-state index in [1.165, 1.54) is 6.92 Å². The molecule has 0 aromatic rings. The highest BCUT2D eigenvalue weighted by Crippen LogP contribution is 2.15. The van der Waals surface area contributed by atoms with Gasteiger partial charge in [0.25, 0.3) is 0 Å². The van der Waals surface area contributed by atoms with Crippen LogP contribution in [-0.2, 0) is 47.9 Å². The van der Waals surface area contributed by atoms with Gasteiger partial charge in [0.15, 0.2) is 11.9 Å². The summed E-state index contributed by atoms with van der Waals surface area (Å²) in [7, 11) is 0. The van der Waals surface area contributed by atoms with Crippen molar-refractivity contribution < 1.29 is 53.1 Å². The molecule has 0 bridgehead atoms. The number of hydrogen-bond donors (Lipinski definition) is 16. The van der Waals surface area contributed by atoms with E-state index in [0.29, 0.717) is 19.3 Å². The van der Waals surface area contributed by atoms with Gasteiger partial charge < -0.3 is 87.4 Å². The summed E-state index contributed by atoms with van der Waals surface area (Å²) in [6.07, 6.45) is 1.83. The lowest BCUT2D eigenvalue weighted by Crippen LogP contribution is -2.61. The predicted molar refractivity (Wildman–Crippen MR) is 305 cm³/mol. The second-order valence-electron chi connectivity index (χ2n) is 22.2. The molecule has 28 nitrogen and oxygen atoms in total. The number of primary amides is 1. The van der Waals surface area contributed by atoms with Crippen LogP contribution in [-0.4, -0.2) is 157 Å². The van der Waals surface area contributed by atoms with E-state index in [1.807, 2.05) is 55.4 Å². The van der Waals surface area contributed by atoms with Crippen LogP contribution in [0.4, 0.5) is 0 Å². The molecule has 22 N–H and O–H groups in total. The smallest absolute Gasteiger partial charge is 0.243 e. The standard InChI is InChI=1S/C52H99N17O11/c1-27(2)22-36(61-32(11)71)46(76)65-38(24-29(5)6)48(78)67-39(25-30(7)8)49(79)66-37(23-28(3)4)47(77)63-35(18-15-21-60-52(57)58)45(75)69-41(31(9)10)50(80)64-33(16-12-13-19-53)43(73)62-34(17-14-20-59-51(55)56)44(74)68-40(26-70)42(54)72/h27-31,33-41,70H,12-26,53H2,1-11H3,(H2,54,72)(H,61,71)(H,62,73)(H,63,77)(H,64,80)(H,65,76)(H,66,79)(H,67,78)(H,68,74)(H,69,75)(H4,55,56,59)(H4,57,58,60)/t33-,34-,35-,36-,37-,38-,39-,40-,41-/m0/s1. The lowest BCUT2D eigenvalue weighted by Gasteiger charge is -2.30. The molecule has 80 heavy (non-hydrogen) atoms. The molecule has 9 atom stereocenters. The molecule has 0 saturated heterocycles. The number of aliphatic hydroxyl groups excluding tert-OH is 1. The number of amides is 10. The Morgan fingerprint density at radius 2 is 0.675 bits per heavy atom. The van der Waals surface area contributed by atoms with Gasteiger partial charge in [-0.15, -0.1) is 0 Å². The van der Waals surface area contributed by atoms with Crippen LogP contribution in [0.5, 0.6) is 0 Å². The van der Waals surface area contributed by atoms with Crippen LogP contribution in [0.25, 0.3) is 0 Å². The minimum atomic E-state index is -1.47. The summed E-state index contributed by atoms with van der Waals surface area (Å²) >= 11 is 0. The molecular formula is C52H99N17O11. The van der Waals surface area contributed by atoms with Crippen molar-refractivity contribution in [1.82, 2.24) is 47.9 Å². The van der Waals surface area contributed by atoms with E-state index in [2.05, 4.69) is 57.8 Å². The van der Waals surface area contributed by atoms with E-state index < -0.39 is 126 Å². The van der Waals surface area contributed by atoms with Crippen molar-refractivity contribution in [2.24, 2.45) is 74.0 Å². The van der Waals surface area contributed by atoms with Gasteiger partial charge in [0, 0.05) is 20.0 Å². The largest absolute Gasteiger partial charge is 0.394 e. The van der Waals surface area contributed by atoms with Crippen molar-refractivity contribution >= 4 is 71.0 Å². The van der Waals surface area contributed by atoms with E-state index in [-0.39, 0.29) is 107 Å². The summed E-state index contributed by atoms with van der Waals surface area (Å²) in [6, 6.07) is -11.2. The molecule has 458 valence electrons. The molecule has 0 spiro atoms. The van der Waals surface area contributed by atoms with Gasteiger partial charge in [-0.1, -0.05) is 69.2 Å². The first-order chi connectivity index (χ1) is 37.3. The number of rotatable bonds is 40. The minimum absolute atomic E-state index is 0.0338. The van der Waals surface area contributed by atoms with Gasteiger partial charge in [-0.25, -0.2) is 0 Å². The van der Waals surface area contributed by atoms with Crippen molar-refractivity contribution in [2.75, 3.05) is 26.2 Å². The lowest BCUT2D eigenvalue weighted by molar-refractivity contribution is -0.136. The quantitative estimate of drug-likeness (QED) is 0.0164. The molecule has 0 unspecified atom stereocenters. The van der Waals surface area contributed by atoms with Gasteiger partial charge in [-0.05, 0) is 107 Å². The van der Waals surface area contributed by atoms with Crippen LogP contribution in [0.15, 0.2) is 9.98 Å². The van der Waals surface area contributed by atoms with Crippen molar-refractivity contribution in [2.45, 2.75) is 201 Å². The summed E-state index contributed by atoms with van der Waals surface area (Å²) in [5.74, 6) is -8.77. The zero-order valence-electron chi connectivity index (χ0n) is 49.1. The van der Waals surface area contributed by atoms with Crippen LogP contribution in [0.2, 0.25) is 0 Å². The molecule has 28 heteroatoms.